The van der Waals surface area contributed by atoms with Crippen molar-refractivity contribution in [3.05, 3.63) is 35.6 Å². The van der Waals surface area contributed by atoms with Crippen LogP contribution in [0, 0.1) is 0 Å². The summed E-state index contributed by atoms with van der Waals surface area (Å²) in [7, 11) is 1.65. The fraction of sp³-hybridized carbons (Fsp3) is 0.400. The molecule has 0 fully saturated rings. The maximum atomic E-state index is 5.08. The van der Waals surface area contributed by atoms with E-state index in [4.69, 9.17) is 4.74 Å². The summed E-state index contributed by atoms with van der Waals surface area (Å²) in [6.07, 6.45) is 3.94. The number of methoxy groups -OCH3 is 1. The van der Waals surface area contributed by atoms with Crippen molar-refractivity contribution in [1.82, 2.24) is 0 Å². The Labute approximate surface area is 69.1 Å². The fourth-order valence-corrected chi connectivity index (χ4v) is 0.627. The molecule has 0 aromatic carbocycles. The Bertz CT molecular complexity index is 193. The Kier molecular flexibility index (Phi) is 4.35. The Balaban J connectivity index is 4.37. The van der Waals surface area contributed by atoms with Crippen molar-refractivity contribution in [2.45, 2.75) is 20.8 Å². The van der Waals surface area contributed by atoms with Crippen LogP contribution in [-0.4, -0.2) is 7.11 Å². The van der Waals surface area contributed by atoms with Gasteiger partial charge in [0.15, 0.2) is 0 Å². The van der Waals surface area contributed by atoms with Gasteiger partial charge in [0.25, 0.3) is 0 Å². The lowest BCUT2D eigenvalue weighted by molar-refractivity contribution is 0.301. The summed E-state index contributed by atoms with van der Waals surface area (Å²) in [5, 5.41) is 0. The first kappa shape index (κ1) is 10.0. The normalized spacial score (nSPS) is 10.7. The summed E-state index contributed by atoms with van der Waals surface area (Å²) in [6.45, 7) is 9.79. The largest absolute Gasteiger partial charge is 0.497 e. The first-order valence-corrected chi connectivity index (χ1v) is 3.63. The molecule has 0 heterocycles. The van der Waals surface area contributed by atoms with Crippen LogP contribution in [-0.2, 0) is 4.74 Å². The highest BCUT2D eigenvalue weighted by molar-refractivity contribution is 5.25. The molecular formula is C10H16O. The summed E-state index contributed by atoms with van der Waals surface area (Å²) in [4.78, 5) is 0. The van der Waals surface area contributed by atoms with E-state index in [-0.39, 0.29) is 0 Å². The summed E-state index contributed by atoms with van der Waals surface area (Å²) in [6, 6.07) is 0. The monoisotopic (exact) mass is 152 g/mol. The van der Waals surface area contributed by atoms with Crippen molar-refractivity contribution in [2.75, 3.05) is 7.11 Å². The molecule has 0 aromatic heterocycles. The summed E-state index contributed by atoms with van der Waals surface area (Å²) < 4.78 is 5.08. The average molecular weight is 152 g/mol. The van der Waals surface area contributed by atoms with Crippen LogP contribution < -0.4 is 0 Å². The number of allylic oxidation sites excluding steroid dienone is 4. The molecule has 0 aliphatic rings. The van der Waals surface area contributed by atoms with Crippen molar-refractivity contribution in [1.29, 1.82) is 0 Å². The van der Waals surface area contributed by atoms with E-state index in [0.29, 0.717) is 0 Å². The summed E-state index contributed by atoms with van der Waals surface area (Å²) >= 11 is 0. The molecule has 0 unspecified atom stereocenters. The quantitative estimate of drug-likeness (QED) is 0.446. The Hall–Kier alpha value is -0.980. The third-order valence-electron chi connectivity index (χ3n) is 1.21. The van der Waals surface area contributed by atoms with Crippen molar-refractivity contribution in [3.8, 4) is 0 Å². The van der Waals surface area contributed by atoms with Crippen LogP contribution in [0.5, 0.6) is 0 Å². The van der Waals surface area contributed by atoms with Gasteiger partial charge in [-0.25, -0.2) is 0 Å². The molecule has 1 heteroatoms. The van der Waals surface area contributed by atoms with E-state index in [2.05, 4.69) is 6.58 Å². The lowest BCUT2D eigenvalue weighted by atomic mass is 10.2. The molecule has 0 radical (unpaired) electrons. The second-order valence-electron chi connectivity index (χ2n) is 2.76. The average Bonchev–Trinajstić information content (AvgIpc) is 1.87. The smallest absolute Gasteiger partial charge is 0.121 e. The van der Waals surface area contributed by atoms with E-state index >= 15 is 0 Å². The van der Waals surface area contributed by atoms with E-state index < -0.39 is 0 Å². The Morgan fingerprint density at radius 3 is 2.00 bits per heavy atom. The lowest BCUT2D eigenvalue weighted by Gasteiger charge is -2.02. The number of hydrogen-bond donors (Lipinski definition) is 0. The SMILES string of the molecule is C=C(C)/C(=C\C=C(C)C)OC. The number of rotatable bonds is 3. The first-order valence-electron chi connectivity index (χ1n) is 3.63. The molecule has 1 nitrogen and oxygen atoms in total. The highest BCUT2D eigenvalue weighted by atomic mass is 16.5. The maximum absolute atomic E-state index is 5.08. The van der Waals surface area contributed by atoms with Crippen LogP contribution in [0.25, 0.3) is 0 Å². The van der Waals surface area contributed by atoms with Gasteiger partial charge < -0.3 is 4.74 Å². The zero-order chi connectivity index (χ0) is 8.85. The van der Waals surface area contributed by atoms with E-state index in [0.717, 1.165) is 11.3 Å². The molecule has 11 heavy (non-hydrogen) atoms. The topological polar surface area (TPSA) is 9.23 Å². The molecule has 0 aromatic rings. The maximum Gasteiger partial charge on any atom is 0.121 e. The fourth-order valence-electron chi connectivity index (χ4n) is 0.627. The predicted octanol–water partition coefficient (Wildman–Crippen LogP) is 3.06. The molecule has 0 aliphatic heterocycles. The zero-order valence-electron chi connectivity index (χ0n) is 7.77. The Morgan fingerprint density at radius 2 is 1.73 bits per heavy atom. The summed E-state index contributed by atoms with van der Waals surface area (Å²) in [5.41, 5.74) is 2.20. The van der Waals surface area contributed by atoms with E-state index in [9.17, 15) is 0 Å². The molecule has 0 amide bonds. The molecule has 0 saturated heterocycles. The standard InChI is InChI=1S/C10H16O/c1-8(2)6-7-10(11-5)9(3)4/h6-7H,3H2,1-2,4-5H3/b10-7+. The van der Waals surface area contributed by atoms with E-state index in [1.165, 1.54) is 5.57 Å². The van der Waals surface area contributed by atoms with Gasteiger partial charge >= 0.3 is 0 Å². The van der Waals surface area contributed by atoms with Gasteiger partial charge in [0.05, 0.1) is 7.11 Å². The number of hydrogen-bond acceptors (Lipinski definition) is 1. The zero-order valence-corrected chi connectivity index (χ0v) is 7.77. The third kappa shape index (κ3) is 4.43. The molecule has 0 atom stereocenters. The molecule has 0 rings (SSSR count). The van der Waals surface area contributed by atoms with Gasteiger partial charge in [-0.1, -0.05) is 18.2 Å². The van der Waals surface area contributed by atoms with Gasteiger partial charge in [0, 0.05) is 0 Å². The van der Waals surface area contributed by atoms with Gasteiger partial charge in [-0.05, 0) is 32.4 Å². The number of ether oxygens (including phenoxy) is 1. The summed E-state index contributed by atoms with van der Waals surface area (Å²) in [5.74, 6) is 0.839. The molecule has 62 valence electrons. The lowest BCUT2D eigenvalue weighted by Crippen LogP contribution is -1.85. The van der Waals surface area contributed by atoms with E-state index in [1.807, 2.05) is 32.9 Å². The van der Waals surface area contributed by atoms with Crippen LogP contribution in [0.1, 0.15) is 20.8 Å². The second kappa shape index (κ2) is 4.78. The van der Waals surface area contributed by atoms with Crippen LogP contribution in [0.4, 0.5) is 0 Å². The predicted molar refractivity (Wildman–Crippen MR) is 49.3 cm³/mol. The van der Waals surface area contributed by atoms with Crippen molar-refractivity contribution >= 4 is 0 Å². The molecule has 0 spiro atoms. The van der Waals surface area contributed by atoms with Gasteiger partial charge in [0.2, 0.25) is 0 Å². The van der Waals surface area contributed by atoms with Crippen molar-refractivity contribution in [2.24, 2.45) is 0 Å². The molecule has 0 N–H and O–H groups in total. The van der Waals surface area contributed by atoms with Gasteiger partial charge in [0.1, 0.15) is 5.76 Å². The molecule has 0 saturated carbocycles. The third-order valence-corrected chi connectivity index (χ3v) is 1.21. The van der Waals surface area contributed by atoms with E-state index in [1.54, 1.807) is 7.11 Å². The molecule has 0 bridgehead atoms. The van der Waals surface area contributed by atoms with Crippen LogP contribution >= 0.6 is 0 Å². The van der Waals surface area contributed by atoms with Crippen LogP contribution in [0.3, 0.4) is 0 Å². The second-order valence-corrected chi connectivity index (χ2v) is 2.76. The van der Waals surface area contributed by atoms with Gasteiger partial charge in [-0.3, -0.25) is 0 Å². The Morgan fingerprint density at radius 1 is 1.18 bits per heavy atom. The minimum absolute atomic E-state index is 0.839. The minimum atomic E-state index is 0.839. The van der Waals surface area contributed by atoms with Gasteiger partial charge in [-0.15, -0.1) is 0 Å². The molecular weight excluding hydrogens is 136 g/mol. The van der Waals surface area contributed by atoms with Crippen LogP contribution in [0.2, 0.25) is 0 Å². The van der Waals surface area contributed by atoms with Crippen LogP contribution in [0.15, 0.2) is 35.6 Å². The highest BCUT2D eigenvalue weighted by Crippen LogP contribution is 2.07. The minimum Gasteiger partial charge on any atom is -0.497 e. The first-order chi connectivity index (χ1) is 5.07. The van der Waals surface area contributed by atoms with Crippen molar-refractivity contribution < 1.29 is 4.74 Å². The van der Waals surface area contributed by atoms with Gasteiger partial charge in [-0.2, -0.15) is 0 Å². The highest BCUT2D eigenvalue weighted by Gasteiger charge is 1.92. The van der Waals surface area contributed by atoms with Crippen molar-refractivity contribution in [3.63, 3.8) is 0 Å². The molecule has 0 aliphatic carbocycles.